The minimum atomic E-state index is -0.580. The Balaban J connectivity index is 2.21. The second-order valence-corrected chi connectivity index (χ2v) is 4.79. The molecule has 0 aromatic carbocycles. The quantitative estimate of drug-likeness (QED) is 0.868. The van der Waals surface area contributed by atoms with E-state index in [1.54, 1.807) is 23.8 Å². The van der Waals surface area contributed by atoms with E-state index < -0.39 is 6.10 Å². The van der Waals surface area contributed by atoms with Gasteiger partial charge in [-0.2, -0.15) is 0 Å². The fourth-order valence-electron chi connectivity index (χ4n) is 1.46. The third-order valence-corrected chi connectivity index (χ3v) is 3.41. The van der Waals surface area contributed by atoms with E-state index in [0.717, 1.165) is 4.90 Å². The Morgan fingerprint density at radius 1 is 1.56 bits per heavy atom. The van der Waals surface area contributed by atoms with Crippen molar-refractivity contribution in [3.8, 4) is 0 Å². The fourth-order valence-corrected chi connectivity index (χ4v) is 2.33. The topological polar surface area (TPSA) is 83.8 Å². The molecular formula is C11H14N4O2S. The number of H-pyrrole nitrogens is 1. The standard InChI is InChI=1S/C11H14N4O2S/c1-3-15-10(17)13-14-11(15)18-8-4-5-9(7(2)16)12-6-8/h4-7,16H,3H2,1-2H3,(H,13,17)/t7-/m0/s1. The van der Waals surface area contributed by atoms with Crippen molar-refractivity contribution in [2.24, 2.45) is 0 Å². The van der Waals surface area contributed by atoms with Crippen LogP contribution in [-0.4, -0.2) is 24.9 Å². The smallest absolute Gasteiger partial charge is 0.343 e. The van der Waals surface area contributed by atoms with Crippen LogP contribution >= 0.6 is 11.8 Å². The molecule has 0 saturated carbocycles. The molecule has 0 radical (unpaired) electrons. The fraction of sp³-hybridized carbons (Fsp3) is 0.364. The van der Waals surface area contributed by atoms with Crippen LogP contribution in [0.5, 0.6) is 0 Å². The SMILES string of the molecule is CCn1c(Sc2ccc([C@H](C)O)nc2)n[nH]c1=O. The number of nitrogens with zero attached hydrogens (tertiary/aromatic N) is 3. The molecule has 0 fully saturated rings. The molecule has 6 nitrogen and oxygen atoms in total. The van der Waals surface area contributed by atoms with Crippen molar-refractivity contribution in [2.45, 2.75) is 36.5 Å². The maximum atomic E-state index is 11.4. The monoisotopic (exact) mass is 266 g/mol. The molecule has 0 aliphatic carbocycles. The highest BCUT2D eigenvalue weighted by atomic mass is 32.2. The Labute approximate surface area is 108 Å². The number of aliphatic hydroxyl groups excluding tert-OH is 1. The zero-order chi connectivity index (χ0) is 13.1. The van der Waals surface area contributed by atoms with Crippen LogP contribution in [0.25, 0.3) is 0 Å². The first-order chi connectivity index (χ1) is 8.61. The van der Waals surface area contributed by atoms with Crippen molar-refractivity contribution in [1.29, 1.82) is 0 Å². The van der Waals surface area contributed by atoms with Crippen molar-refractivity contribution in [3.63, 3.8) is 0 Å². The maximum Gasteiger partial charge on any atom is 0.343 e. The molecule has 0 amide bonds. The summed E-state index contributed by atoms with van der Waals surface area (Å²) in [5.41, 5.74) is 0.405. The van der Waals surface area contributed by atoms with Gasteiger partial charge in [0.1, 0.15) is 0 Å². The summed E-state index contributed by atoms with van der Waals surface area (Å²) in [6.07, 6.45) is 1.08. The number of nitrogens with one attached hydrogen (secondary N) is 1. The van der Waals surface area contributed by atoms with E-state index in [1.165, 1.54) is 11.8 Å². The summed E-state index contributed by atoms with van der Waals surface area (Å²) >= 11 is 1.36. The van der Waals surface area contributed by atoms with E-state index in [0.29, 0.717) is 17.4 Å². The van der Waals surface area contributed by atoms with E-state index in [9.17, 15) is 9.90 Å². The van der Waals surface area contributed by atoms with E-state index >= 15 is 0 Å². The van der Waals surface area contributed by atoms with Gasteiger partial charge in [-0.25, -0.2) is 9.89 Å². The molecule has 96 valence electrons. The van der Waals surface area contributed by atoms with Gasteiger partial charge in [0, 0.05) is 17.6 Å². The molecule has 1 atom stereocenters. The van der Waals surface area contributed by atoms with Crippen LogP contribution in [0.2, 0.25) is 0 Å². The van der Waals surface area contributed by atoms with Gasteiger partial charge in [-0.15, -0.1) is 5.10 Å². The van der Waals surface area contributed by atoms with Gasteiger partial charge in [0.2, 0.25) is 0 Å². The molecule has 2 N–H and O–H groups in total. The largest absolute Gasteiger partial charge is 0.387 e. The Kier molecular flexibility index (Phi) is 3.83. The lowest BCUT2D eigenvalue weighted by atomic mass is 10.2. The third kappa shape index (κ3) is 2.62. The lowest BCUT2D eigenvalue weighted by molar-refractivity contribution is 0.194. The highest BCUT2D eigenvalue weighted by molar-refractivity contribution is 7.99. The van der Waals surface area contributed by atoms with Crippen LogP contribution in [0.4, 0.5) is 0 Å². The molecule has 7 heteroatoms. The first kappa shape index (κ1) is 12.8. The average molecular weight is 266 g/mol. The van der Waals surface area contributed by atoms with Crippen LogP contribution in [-0.2, 0) is 6.54 Å². The van der Waals surface area contributed by atoms with Crippen LogP contribution in [0.1, 0.15) is 25.6 Å². The average Bonchev–Trinajstić information content (AvgIpc) is 2.70. The van der Waals surface area contributed by atoms with E-state index in [4.69, 9.17) is 0 Å². The number of hydrogen-bond acceptors (Lipinski definition) is 5. The van der Waals surface area contributed by atoms with Crippen molar-refractivity contribution < 1.29 is 5.11 Å². The highest BCUT2D eigenvalue weighted by Crippen LogP contribution is 2.24. The van der Waals surface area contributed by atoms with Crippen LogP contribution < -0.4 is 5.69 Å². The third-order valence-electron chi connectivity index (χ3n) is 2.44. The second kappa shape index (κ2) is 5.36. The van der Waals surface area contributed by atoms with Crippen molar-refractivity contribution in [2.75, 3.05) is 0 Å². The minimum absolute atomic E-state index is 0.214. The Bertz CT molecular complexity index is 573. The first-order valence-electron chi connectivity index (χ1n) is 5.59. The maximum absolute atomic E-state index is 11.4. The molecular weight excluding hydrogens is 252 g/mol. The normalized spacial score (nSPS) is 12.6. The number of aromatic nitrogens is 4. The predicted molar refractivity (Wildman–Crippen MR) is 67.5 cm³/mol. The first-order valence-corrected chi connectivity index (χ1v) is 6.40. The van der Waals surface area contributed by atoms with Crippen molar-refractivity contribution in [3.05, 3.63) is 34.5 Å². The number of pyridine rings is 1. The van der Waals surface area contributed by atoms with Gasteiger partial charge >= 0.3 is 5.69 Å². The summed E-state index contributed by atoms with van der Waals surface area (Å²) in [6, 6.07) is 3.60. The van der Waals surface area contributed by atoms with Crippen molar-refractivity contribution in [1.82, 2.24) is 19.7 Å². The Hall–Kier alpha value is -1.60. The van der Waals surface area contributed by atoms with Gasteiger partial charge in [0.25, 0.3) is 0 Å². The predicted octanol–water partition coefficient (Wildman–Crippen LogP) is 1.19. The summed E-state index contributed by atoms with van der Waals surface area (Å²) in [4.78, 5) is 16.4. The minimum Gasteiger partial charge on any atom is -0.387 e. The summed E-state index contributed by atoms with van der Waals surface area (Å²) < 4.78 is 1.55. The van der Waals surface area contributed by atoms with Gasteiger partial charge in [0.05, 0.1) is 11.8 Å². The van der Waals surface area contributed by atoms with Gasteiger partial charge in [0.15, 0.2) is 5.16 Å². The molecule has 0 spiro atoms. The number of aromatic amines is 1. The molecule has 2 rings (SSSR count). The molecule has 2 aromatic heterocycles. The molecule has 0 unspecified atom stereocenters. The highest BCUT2D eigenvalue weighted by Gasteiger charge is 2.09. The zero-order valence-electron chi connectivity index (χ0n) is 10.1. The number of aliphatic hydroxyl groups is 1. The van der Waals surface area contributed by atoms with Gasteiger partial charge < -0.3 is 5.11 Å². The number of hydrogen-bond donors (Lipinski definition) is 2. The second-order valence-electron chi connectivity index (χ2n) is 3.75. The van der Waals surface area contributed by atoms with Crippen LogP contribution in [0, 0.1) is 0 Å². The molecule has 2 aromatic rings. The molecule has 2 heterocycles. The zero-order valence-corrected chi connectivity index (χ0v) is 10.9. The molecule has 0 bridgehead atoms. The molecule has 0 aliphatic rings. The Morgan fingerprint density at radius 2 is 2.33 bits per heavy atom. The molecule has 0 aliphatic heterocycles. The summed E-state index contributed by atoms with van der Waals surface area (Å²) in [5.74, 6) is 0. The van der Waals surface area contributed by atoms with Crippen LogP contribution in [0.15, 0.2) is 33.2 Å². The van der Waals surface area contributed by atoms with E-state index in [1.807, 2.05) is 13.0 Å². The van der Waals surface area contributed by atoms with E-state index in [2.05, 4.69) is 15.2 Å². The van der Waals surface area contributed by atoms with Gasteiger partial charge in [-0.1, -0.05) is 0 Å². The summed E-state index contributed by atoms with van der Waals surface area (Å²) in [6.45, 7) is 4.12. The Morgan fingerprint density at radius 3 is 2.89 bits per heavy atom. The van der Waals surface area contributed by atoms with Gasteiger partial charge in [-0.05, 0) is 37.7 Å². The lowest BCUT2D eigenvalue weighted by Crippen LogP contribution is -2.15. The molecule has 18 heavy (non-hydrogen) atoms. The van der Waals surface area contributed by atoms with Crippen molar-refractivity contribution >= 4 is 11.8 Å². The summed E-state index contributed by atoms with van der Waals surface area (Å²) in [7, 11) is 0. The lowest BCUT2D eigenvalue weighted by Gasteiger charge is -2.05. The molecule has 0 saturated heterocycles. The van der Waals surface area contributed by atoms with Crippen LogP contribution in [0.3, 0.4) is 0 Å². The summed E-state index contributed by atoms with van der Waals surface area (Å²) in [5, 5.41) is 16.3. The van der Waals surface area contributed by atoms with E-state index in [-0.39, 0.29) is 5.69 Å². The number of rotatable bonds is 4. The van der Waals surface area contributed by atoms with Gasteiger partial charge in [-0.3, -0.25) is 9.55 Å².